The van der Waals surface area contributed by atoms with Gasteiger partial charge in [-0.25, -0.2) is 0 Å². The summed E-state index contributed by atoms with van der Waals surface area (Å²) in [6.45, 7) is 1.33. The minimum atomic E-state index is -0.555. The normalized spacial score (nSPS) is 17.4. The Balaban J connectivity index is 1.61. The molecule has 2 aromatic rings. The smallest absolute Gasteiger partial charge is 0.118 e. The standard InChI is InChI=1S/C19H27N3O2/c1-24-17-8-6-15(7-9-17)18-16(13-21-22-18)12-20-14-19(23)10-4-2-3-5-11-19/h6-9,13,20,23H,2-5,10-12,14H2,1H3,(H,21,22). The molecule has 0 aliphatic heterocycles. The van der Waals surface area contributed by atoms with Crippen molar-refractivity contribution in [2.45, 2.75) is 50.7 Å². The molecule has 1 aromatic carbocycles. The van der Waals surface area contributed by atoms with E-state index in [1.165, 1.54) is 12.8 Å². The monoisotopic (exact) mass is 329 g/mol. The molecule has 0 saturated heterocycles. The van der Waals surface area contributed by atoms with Gasteiger partial charge in [0.2, 0.25) is 0 Å². The van der Waals surface area contributed by atoms with Gasteiger partial charge in [0.1, 0.15) is 5.75 Å². The molecule has 1 fully saturated rings. The van der Waals surface area contributed by atoms with Gasteiger partial charge < -0.3 is 15.2 Å². The van der Waals surface area contributed by atoms with Crippen LogP contribution >= 0.6 is 0 Å². The van der Waals surface area contributed by atoms with Gasteiger partial charge in [0, 0.05) is 24.2 Å². The zero-order valence-electron chi connectivity index (χ0n) is 14.3. The Kier molecular flexibility index (Phi) is 5.53. The highest BCUT2D eigenvalue weighted by Crippen LogP contribution is 2.27. The molecule has 130 valence electrons. The number of aromatic nitrogens is 2. The molecule has 0 bridgehead atoms. The summed E-state index contributed by atoms with van der Waals surface area (Å²) in [5.74, 6) is 0.841. The van der Waals surface area contributed by atoms with Crippen molar-refractivity contribution in [2.75, 3.05) is 13.7 Å². The quantitative estimate of drug-likeness (QED) is 0.712. The summed E-state index contributed by atoms with van der Waals surface area (Å²) in [5, 5.41) is 21.4. The van der Waals surface area contributed by atoms with E-state index in [1.54, 1.807) is 7.11 Å². The van der Waals surface area contributed by atoms with Crippen molar-refractivity contribution in [1.29, 1.82) is 0 Å². The number of hydrogen-bond acceptors (Lipinski definition) is 4. The summed E-state index contributed by atoms with van der Waals surface area (Å²) in [5.41, 5.74) is 2.65. The lowest BCUT2D eigenvalue weighted by molar-refractivity contribution is 0.0250. The van der Waals surface area contributed by atoms with Crippen LogP contribution in [0.1, 0.15) is 44.1 Å². The molecule has 5 nitrogen and oxygen atoms in total. The minimum absolute atomic E-state index is 0.555. The predicted molar refractivity (Wildman–Crippen MR) is 94.9 cm³/mol. The van der Waals surface area contributed by atoms with Crippen LogP contribution in [0.5, 0.6) is 5.75 Å². The molecular weight excluding hydrogens is 302 g/mol. The maximum atomic E-state index is 10.7. The summed E-state index contributed by atoms with van der Waals surface area (Å²) in [6, 6.07) is 7.94. The molecule has 0 spiro atoms. The third-order valence-corrected chi connectivity index (χ3v) is 4.90. The average Bonchev–Trinajstić information content (AvgIpc) is 2.96. The molecule has 1 aliphatic rings. The van der Waals surface area contributed by atoms with E-state index in [4.69, 9.17) is 4.74 Å². The van der Waals surface area contributed by atoms with Gasteiger partial charge in [0.25, 0.3) is 0 Å². The zero-order valence-corrected chi connectivity index (χ0v) is 14.3. The molecule has 0 unspecified atom stereocenters. The first kappa shape index (κ1) is 17.0. The van der Waals surface area contributed by atoms with Gasteiger partial charge in [0.05, 0.1) is 24.6 Å². The Bertz CT molecular complexity index is 628. The van der Waals surface area contributed by atoms with Crippen LogP contribution in [0.3, 0.4) is 0 Å². The summed E-state index contributed by atoms with van der Waals surface area (Å²) >= 11 is 0. The second kappa shape index (κ2) is 7.81. The number of rotatable bonds is 6. The highest BCUT2D eigenvalue weighted by Gasteiger charge is 2.27. The lowest BCUT2D eigenvalue weighted by Gasteiger charge is -2.27. The third kappa shape index (κ3) is 4.16. The predicted octanol–water partition coefficient (Wildman–Crippen LogP) is 3.26. The zero-order chi connectivity index (χ0) is 16.8. The largest absolute Gasteiger partial charge is 0.497 e. The number of ether oxygens (including phenoxy) is 1. The molecule has 5 heteroatoms. The van der Waals surface area contributed by atoms with Gasteiger partial charge in [-0.1, -0.05) is 25.7 Å². The Morgan fingerprint density at radius 2 is 1.88 bits per heavy atom. The van der Waals surface area contributed by atoms with Crippen LogP contribution in [0.15, 0.2) is 30.5 Å². The number of nitrogens with zero attached hydrogens (tertiary/aromatic N) is 1. The number of methoxy groups -OCH3 is 1. The molecule has 1 aromatic heterocycles. The van der Waals surface area contributed by atoms with E-state index in [9.17, 15) is 5.11 Å². The summed E-state index contributed by atoms with van der Waals surface area (Å²) < 4.78 is 5.20. The van der Waals surface area contributed by atoms with E-state index < -0.39 is 5.60 Å². The number of benzene rings is 1. The van der Waals surface area contributed by atoms with Gasteiger partial charge >= 0.3 is 0 Å². The van der Waals surface area contributed by atoms with Crippen molar-refractivity contribution in [3.05, 3.63) is 36.0 Å². The first-order valence-electron chi connectivity index (χ1n) is 8.80. The molecule has 3 rings (SSSR count). The Hall–Kier alpha value is -1.85. The van der Waals surface area contributed by atoms with Gasteiger partial charge in [-0.2, -0.15) is 5.10 Å². The number of nitrogens with one attached hydrogen (secondary N) is 2. The fourth-order valence-corrected chi connectivity index (χ4v) is 3.45. The van der Waals surface area contributed by atoms with Crippen molar-refractivity contribution in [1.82, 2.24) is 15.5 Å². The second-order valence-corrected chi connectivity index (χ2v) is 6.74. The molecule has 1 aliphatic carbocycles. The van der Waals surface area contributed by atoms with Gasteiger partial charge in [0.15, 0.2) is 0 Å². The van der Waals surface area contributed by atoms with Crippen LogP contribution in [0.2, 0.25) is 0 Å². The van der Waals surface area contributed by atoms with E-state index >= 15 is 0 Å². The molecule has 1 saturated carbocycles. The number of hydrogen-bond donors (Lipinski definition) is 3. The Morgan fingerprint density at radius 3 is 2.54 bits per heavy atom. The van der Waals surface area contributed by atoms with Crippen LogP contribution in [-0.2, 0) is 6.54 Å². The molecular formula is C19H27N3O2. The van der Waals surface area contributed by atoms with E-state index in [0.717, 1.165) is 48.3 Å². The van der Waals surface area contributed by atoms with Gasteiger partial charge in [-0.05, 0) is 37.1 Å². The Labute approximate surface area is 143 Å². The van der Waals surface area contributed by atoms with Gasteiger partial charge in [-0.15, -0.1) is 0 Å². The SMILES string of the molecule is COc1ccc(-c2[nH]ncc2CNCC2(O)CCCCCC2)cc1. The Morgan fingerprint density at radius 1 is 1.17 bits per heavy atom. The lowest BCUT2D eigenvalue weighted by atomic mass is 9.94. The third-order valence-electron chi connectivity index (χ3n) is 4.90. The summed E-state index contributed by atoms with van der Waals surface area (Å²) in [7, 11) is 1.67. The fraction of sp³-hybridized carbons (Fsp3) is 0.526. The van der Waals surface area contributed by atoms with Crippen LogP contribution in [0, 0.1) is 0 Å². The van der Waals surface area contributed by atoms with E-state index in [1.807, 2.05) is 30.5 Å². The highest BCUT2D eigenvalue weighted by molar-refractivity contribution is 5.63. The van der Waals surface area contributed by atoms with E-state index in [0.29, 0.717) is 13.1 Å². The van der Waals surface area contributed by atoms with Crippen molar-refractivity contribution < 1.29 is 9.84 Å². The molecule has 0 amide bonds. The molecule has 1 heterocycles. The first-order valence-corrected chi connectivity index (χ1v) is 8.80. The van der Waals surface area contributed by atoms with Crippen LogP contribution in [-0.4, -0.2) is 34.6 Å². The fourth-order valence-electron chi connectivity index (χ4n) is 3.45. The van der Waals surface area contributed by atoms with Crippen LogP contribution in [0.25, 0.3) is 11.3 Å². The summed E-state index contributed by atoms with van der Waals surface area (Å²) in [6.07, 6.45) is 8.39. The summed E-state index contributed by atoms with van der Waals surface area (Å²) in [4.78, 5) is 0. The minimum Gasteiger partial charge on any atom is -0.497 e. The van der Waals surface area contributed by atoms with E-state index in [-0.39, 0.29) is 0 Å². The van der Waals surface area contributed by atoms with Crippen molar-refractivity contribution >= 4 is 0 Å². The maximum absolute atomic E-state index is 10.7. The highest BCUT2D eigenvalue weighted by atomic mass is 16.5. The maximum Gasteiger partial charge on any atom is 0.118 e. The molecule has 0 atom stereocenters. The second-order valence-electron chi connectivity index (χ2n) is 6.74. The van der Waals surface area contributed by atoms with Crippen molar-refractivity contribution in [3.63, 3.8) is 0 Å². The topological polar surface area (TPSA) is 70.2 Å². The average molecular weight is 329 g/mol. The van der Waals surface area contributed by atoms with Gasteiger partial charge in [-0.3, -0.25) is 5.10 Å². The first-order chi connectivity index (χ1) is 11.7. The number of aliphatic hydroxyl groups is 1. The van der Waals surface area contributed by atoms with E-state index in [2.05, 4.69) is 15.5 Å². The van der Waals surface area contributed by atoms with Crippen LogP contribution < -0.4 is 10.1 Å². The van der Waals surface area contributed by atoms with Crippen molar-refractivity contribution in [2.24, 2.45) is 0 Å². The molecule has 24 heavy (non-hydrogen) atoms. The number of aromatic amines is 1. The molecule has 0 radical (unpaired) electrons. The lowest BCUT2D eigenvalue weighted by Crippen LogP contribution is -2.39. The number of H-pyrrole nitrogens is 1. The molecule has 3 N–H and O–H groups in total. The van der Waals surface area contributed by atoms with Crippen LogP contribution in [0.4, 0.5) is 0 Å². The van der Waals surface area contributed by atoms with Crippen molar-refractivity contribution in [3.8, 4) is 17.0 Å².